The van der Waals surface area contributed by atoms with Crippen LogP contribution in [-0.2, 0) is 10.0 Å². The Morgan fingerprint density at radius 1 is 1.20 bits per heavy atom. The number of halogens is 3. The molecule has 1 N–H and O–H groups in total. The lowest BCUT2D eigenvalue weighted by Crippen LogP contribution is -2.38. The van der Waals surface area contributed by atoms with Gasteiger partial charge < -0.3 is 5.21 Å². The minimum absolute atomic E-state index is 0.0750. The fourth-order valence-electron chi connectivity index (χ4n) is 1.99. The highest BCUT2D eigenvalue weighted by Crippen LogP contribution is 2.35. The van der Waals surface area contributed by atoms with Crippen LogP contribution < -0.4 is 0 Å². The Bertz CT molecular complexity index is 631. The van der Waals surface area contributed by atoms with E-state index in [2.05, 4.69) is 21.1 Å². The van der Waals surface area contributed by atoms with Gasteiger partial charge >= 0.3 is 0 Å². The van der Waals surface area contributed by atoms with E-state index in [9.17, 15) is 8.42 Å². The van der Waals surface area contributed by atoms with Gasteiger partial charge in [0.1, 0.15) is 4.90 Å². The Labute approximate surface area is 135 Å². The van der Waals surface area contributed by atoms with Crippen LogP contribution in [0.15, 0.2) is 26.7 Å². The largest absolute Gasteiger partial charge is 0.411 e. The van der Waals surface area contributed by atoms with Gasteiger partial charge in [-0.25, -0.2) is 8.42 Å². The highest BCUT2D eigenvalue weighted by atomic mass is 79.9. The second-order valence-electron chi connectivity index (χ2n) is 4.27. The Morgan fingerprint density at radius 2 is 1.70 bits per heavy atom. The van der Waals surface area contributed by atoms with E-state index in [-0.39, 0.29) is 28.0 Å². The molecule has 20 heavy (non-hydrogen) atoms. The van der Waals surface area contributed by atoms with Crippen LogP contribution >= 0.6 is 39.1 Å². The number of piperidine rings is 1. The molecule has 1 aliphatic rings. The molecule has 1 aliphatic heterocycles. The fourth-order valence-corrected chi connectivity index (χ4v) is 5.31. The Morgan fingerprint density at radius 3 is 2.15 bits per heavy atom. The molecule has 0 unspecified atom stereocenters. The molecule has 1 heterocycles. The molecule has 0 amide bonds. The third kappa shape index (κ3) is 3.12. The fraction of sp³-hybridized carbons (Fsp3) is 0.364. The van der Waals surface area contributed by atoms with Crippen molar-refractivity contribution in [2.75, 3.05) is 13.1 Å². The van der Waals surface area contributed by atoms with E-state index in [1.54, 1.807) is 0 Å². The second kappa shape index (κ2) is 6.19. The number of hydrogen-bond acceptors (Lipinski definition) is 4. The number of sulfonamides is 1. The smallest absolute Gasteiger partial charge is 0.246 e. The van der Waals surface area contributed by atoms with Crippen LogP contribution in [0.3, 0.4) is 0 Å². The summed E-state index contributed by atoms with van der Waals surface area (Å²) in [5.41, 5.74) is 0.587. The molecule has 1 saturated heterocycles. The van der Waals surface area contributed by atoms with Gasteiger partial charge in [0.15, 0.2) is 0 Å². The third-order valence-electron chi connectivity index (χ3n) is 3.00. The van der Waals surface area contributed by atoms with E-state index in [1.165, 1.54) is 16.4 Å². The van der Waals surface area contributed by atoms with Crippen molar-refractivity contribution in [2.45, 2.75) is 17.7 Å². The van der Waals surface area contributed by atoms with Crippen LogP contribution in [0, 0.1) is 0 Å². The molecule has 5 nitrogen and oxygen atoms in total. The summed E-state index contributed by atoms with van der Waals surface area (Å²) < 4.78 is 27.1. The molecule has 1 aromatic carbocycles. The predicted molar refractivity (Wildman–Crippen MR) is 81.4 cm³/mol. The maximum Gasteiger partial charge on any atom is 0.246 e. The highest BCUT2D eigenvalue weighted by molar-refractivity contribution is 9.10. The first-order valence-corrected chi connectivity index (χ1v) is 8.69. The van der Waals surface area contributed by atoms with E-state index in [0.29, 0.717) is 23.0 Å². The molecule has 2 rings (SSSR count). The molecule has 0 radical (unpaired) electrons. The third-order valence-corrected chi connectivity index (χ3v) is 6.28. The van der Waals surface area contributed by atoms with Crippen molar-refractivity contribution in [1.82, 2.24) is 4.31 Å². The zero-order chi connectivity index (χ0) is 14.9. The van der Waals surface area contributed by atoms with Crippen LogP contribution in [-0.4, -0.2) is 36.7 Å². The molecule has 9 heteroatoms. The maximum absolute atomic E-state index is 12.6. The zero-order valence-corrected chi connectivity index (χ0v) is 14.1. The monoisotopic (exact) mass is 400 g/mol. The van der Waals surface area contributed by atoms with E-state index >= 15 is 0 Å². The lowest BCUT2D eigenvalue weighted by molar-refractivity contribution is 0.310. The normalized spacial score (nSPS) is 17.2. The first-order valence-electron chi connectivity index (χ1n) is 5.70. The van der Waals surface area contributed by atoms with Crippen molar-refractivity contribution < 1.29 is 13.6 Å². The van der Waals surface area contributed by atoms with Gasteiger partial charge in [0.2, 0.25) is 10.0 Å². The number of benzene rings is 1. The molecular weight excluding hydrogens is 391 g/mol. The molecule has 0 atom stereocenters. The summed E-state index contributed by atoms with van der Waals surface area (Å²) in [6.45, 7) is 0.481. The van der Waals surface area contributed by atoms with Crippen molar-refractivity contribution in [3.05, 3.63) is 26.7 Å². The average molecular weight is 402 g/mol. The van der Waals surface area contributed by atoms with E-state index < -0.39 is 10.0 Å². The molecule has 0 spiro atoms. The van der Waals surface area contributed by atoms with Crippen molar-refractivity contribution in [1.29, 1.82) is 0 Å². The molecular formula is C11H11BrCl2N2O3S. The molecule has 0 aromatic heterocycles. The van der Waals surface area contributed by atoms with Gasteiger partial charge in [0.05, 0.1) is 15.8 Å². The summed E-state index contributed by atoms with van der Waals surface area (Å²) in [6.07, 6.45) is 0.781. The van der Waals surface area contributed by atoms with Crippen LogP contribution in [0.4, 0.5) is 0 Å². The van der Waals surface area contributed by atoms with Crippen LogP contribution in [0.2, 0.25) is 10.0 Å². The lowest BCUT2D eigenvalue weighted by Gasteiger charge is -2.27. The van der Waals surface area contributed by atoms with E-state index in [1.807, 2.05) is 0 Å². The molecule has 110 valence electrons. The quantitative estimate of drug-likeness (QED) is 0.610. The molecule has 1 aromatic rings. The highest BCUT2D eigenvalue weighted by Gasteiger charge is 2.31. The van der Waals surface area contributed by atoms with Gasteiger partial charge in [-0.15, -0.1) is 0 Å². The average Bonchev–Trinajstić information content (AvgIpc) is 2.37. The molecule has 0 aliphatic carbocycles. The maximum atomic E-state index is 12.6. The summed E-state index contributed by atoms with van der Waals surface area (Å²) >= 11 is 15.2. The first-order chi connectivity index (χ1) is 9.36. The van der Waals surface area contributed by atoms with Crippen molar-refractivity contribution in [3.63, 3.8) is 0 Å². The Balaban J connectivity index is 2.37. The Kier molecular flexibility index (Phi) is 4.96. The van der Waals surface area contributed by atoms with Crippen LogP contribution in [0.25, 0.3) is 0 Å². The summed E-state index contributed by atoms with van der Waals surface area (Å²) in [5.74, 6) is 0. The summed E-state index contributed by atoms with van der Waals surface area (Å²) in [5, 5.41) is 12.0. The minimum atomic E-state index is -3.76. The second-order valence-corrected chi connectivity index (χ2v) is 7.87. The molecule has 0 saturated carbocycles. The SMILES string of the molecule is O=S(=O)(c1c(Cl)cc(Br)cc1Cl)N1CCC(=NO)CC1. The van der Waals surface area contributed by atoms with Crippen molar-refractivity contribution in [2.24, 2.45) is 5.16 Å². The van der Waals surface area contributed by atoms with Gasteiger partial charge in [-0.2, -0.15) is 4.31 Å². The topological polar surface area (TPSA) is 70.0 Å². The van der Waals surface area contributed by atoms with Crippen molar-refractivity contribution in [3.8, 4) is 0 Å². The lowest BCUT2D eigenvalue weighted by atomic mass is 10.1. The first kappa shape index (κ1) is 16.0. The van der Waals surface area contributed by atoms with Gasteiger partial charge in [-0.1, -0.05) is 44.3 Å². The van der Waals surface area contributed by atoms with Crippen LogP contribution in [0.1, 0.15) is 12.8 Å². The molecule has 0 bridgehead atoms. The van der Waals surface area contributed by atoms with E-state index in [4.69, 9.17) is 28.4 Å². The summed E-state index contributed by atoms with van der Waals surface area (Å²) in [4.78, 5) is -0.0894. The van der Waals surface area contributed by atoms with Gasteiger partial charge in [-0.3, -0.25) is 0 Å². The van der Waals surface area contributed by atoms with Gasteiger partial charge in [0.25, 0.3) is 0 Å². The molecule has 1 fully saturated rings. The number of nitrogens with zero attached hydrogens (tertiary/aromatic N) is 2. The summed E-state index contributed by atoms with van der Waals surface area (Å²) in [6, 6.07) is 2.98. The van der Waals surface area contributed by atoms with Gasteiger partial charge in [0, 0.05) is 30.4 Å². The number of rotatable bonds is 2. The van der Waals surface area contributed by atoms with Gasteiger partial charge in [-0.05, 0) is 12.1 Å². The Hall–Kier alpha value is -0.340. The number of oxime groups is 1. The zero-order valence-electron chi connectivity index (χ0n) is 10.2. The minimum Gasteiger partial charge on any atom is -0.411 e. The predicted octanol–water partition coefficient (Wildman–Crippen LogP) is 3.37. The van der Waals surface area contributed by atoms with Crippen molar-refractivity contribution >= 4 is 54.9 Å². The summed E-state index contributed by atoms with van der Waals surface area (Å²) in [7, 11) is -3.76. The number of hydrogen-bond donors (Lipinski definition) is 1. The van der Waals surface area contributed by atoms with Crippen LogP contribution in [0.5, 0.6) is 0 Å². The standard InChI is InChI=1S/C11H11BrCl2N2O3S/c12-7-5-9(13)11(10(14)6-7)20(18,19)16-3-1-8(15-17)2-4-16/h5-6,17H,1-4H2. The van der Waals surface area contributed by atoms with E-state index in [0.717, 1.165) is 0 Å².